The lowest BCUT2D eigenvalue weighted by Gasteiger charge is -2.14. The molecule has 3 heterocycles. The van der Waals surface area contributed by atoms with Gasteiger partial charge in [-0.25, -0.2) is 19.8 Å². The summed E-state index contributed by atoms with van der Waals surface area (Å²) >= 11 is 0. The van der Waals surface area contributed by atoms with Crippen LogP contribution in [0.25, 0.3) is 56.1 Å². The minimum Gasteiger partial charge on any atom is -0.299 e. The molecule has 0 spiro atoms. The molecular weight excluding hydrogens is 919 g/mol. The molecule has 0 saturated carbocycles. The normalized spacial score (nSPS) is 11.1. The number of para-hydroxylation sites is 3. The van der Waals surface area contributed by atoms with Crippen LogP contribution in [0.4, 0.5) is 5.69 Å². The molecule has 0 aliphatic carbocycles. The molecule has 0 saturated heterocycles. The third-order valence-corrected chi connectivity index (χ3v) is 14.2. The molecule has 366 valence electrons. The Morgan fingerprint density at radius 3 is 1.03 bits per heavy atom. The first-order chi connectivity index (χ1) is 36.5. The van der Waals surface area contributed by atoms with Gasteiger partial charge in [0.15, 0.2) is 5.69 Å². The fraction of sp³-hybridized carbons (Fsp3) is 0.182. The average Bonchev–Trinajstić information content (AvgIpc) is 4.17. The van der Waals surface area contributed by atoms with E-state index in [1.54, 1.807) is 0 Å². The highest BCUT2D eigenvalue weighted by molar-refractivity contribution is 5.68. The molecule has 10 aromatic rings. The maximum atomic E-state index is 9.84. The zero-order valence-corrected chi connectivity index (χ0v) is 43.4. The second-order valence-electron chi connectivity index (χ2n) is 19.7. The Kier molecular flexibility index (Phi) is 14.0. The van der Waals surface area contributed by atoms with Crippen molar-refractivity contribution in [1.82, 2.24) is 28.7 Å². The maximum absolute atomic E-state index is 9.84. The van der Waals surface area contributed by atoms with Gasteiger partial charge in [-0.05, 0) is 160 Å². The number of benzene rings is 7. The number of hydrogen-bond donors (Lipinski definition) is 0. The molecule has 10 rings (SSSR count). The van der Waals surface area contributed by atoms with E-state index in [1.807, 2.05) is 72.8 Å². The maximum Gasteiger partial charge on any atom is 0.187 e. The lowest BCUT2D eigenvalue weighted by molar-refractivity contribution is 0.877. The molecule has 0 radical (unpaired) electrons. The van der Waals surface area contributed by atoms with Crippen molar-refractivity contribution >= 4 is 5.69 Å². The van der Waals surface area contributed by atoms with Gasteiger partial charge in [0, 0.05) is 35.3 Å². The second-order valence-corrected chi connectivity index (χ2v) is 19.7. The summed E-state index contributed by atoms with van der Waals surface area (Å²) in [5.41, 5.74) is 21.3. The van der Waals surface area contributed by atoms with Gasteiger partial charge in [-0.2, -0.15) is 10.5 Å². The topological polar surface area (TPSA) is 105 Å². The van der Waals surface area contributed by atoms with E-state index in [1.165, 1.54) is 16.7 Å². The molecule has 0 unspecified atom stereocenters. The Labute approximate surface area is 440 Å². The van der Waals surface area contributed by atoms with E-state index < -0.39 is 0 Å². The van der Waals surface area contributed by atoms with Crippen LogP contribution >= 0.6 is 0 Å². The van der Waals surface area contributed by atoms with E-state index in [0.717, 1.165) is 121 Å². The highest BCUT2D eigenvalue weighted by Gasteiger charge is 2.20. The minimum atomic E-state index is 0.581. The van der Waals surface area contributed by atoms with E-state index >= 15 is 0 Å². The molecule has 75 heavy (non-hydrogen) atoms. The fourth-order valence-electron chi connectivity index (χ4n) is 10.6. The summed E-state index contributed by atoms with van der Waals surface area (Å²) in [6, 6.07) is 53.9. The van der Waals surface area contributed by atoms with Gasteiger partial charge in [-0.3, -0.25) is 13.7 Å². The summed E-state index contributed by atoms with van der Waals surface area (Å²) in [6.45, 7) is 20.5. The monoisotopic (exact) mass is 975 g/mol. The molecule has 0 N–H and O–H groups in total. The molecule has 9 nitrogen and oxygen atoms in total. The number of imidazole rings is 3. The smallest absolute Gasteiger partial charge is 0.187 e. The standard InChI is InChI=1S/C66H57N9/c1-43-14-8-15-44(2)61(43)73-40-58(70-64(73)54-22-11-20-52(35-54)38-67)29-26-49-32-50(27-30-59-41-74(62-45(3)16-9-17-46(62)4)65(71-59)55-23-12-21-53(36-55)39-68)34-51(33-49)28-31-60-42-75(63-47(5)18-10-19-48(63)6)66(72-60)56-24-13-25-57(37-56)69-7/h8-25,32-37,40-42H,26-31H2,1-6H3. The van der Waals surface area contributed by atoms with Crippen LogP contribution in [0, 0.1) is 70.8 Å². The van der Waals surface area contributed by atoms with Crippen molar-refractivity contribution in [3.05, 3.63) is 254 Å². The van der Waals surface area contributed by atoms with Gasteiger partial charge in [0.2, 0.25) is 0 Å². The summed E-state index contributed by atoms with van der Waals surface area (Å²) in [7, 11) is 0. The Morgan fingerprint density at radius 1 is 0.400 bits per heavy atom. The second kappa shape index (κ2) is 21.4. The molecule has 7 aromatic carbocycles. The summed E-state index contributed by atoms with van der Waals surface area (Å²) < 4.78 is 6.60. The third-order valence-electron chi connectivity index (χ3n) is 14.2. The van der Waals surface area contributed by atoms with Crippen molar-refractivity contribution in [2.45, 2.75) is 80.1 Å². The van der Waals surface area contributed by atoms with Gasteiger partial charge in [0.25, 0.3) is 0 Å². The van der Waals surface area contributed by atoms with Crippen molar-refractivity contribution in [1.29, 1.82) is 10.5 Å². The number of aromatic nitrogens is 6. The number of nitrogens with zero attached hydrogens (tertiary/aromatic N) is 9. The molecule has 0 amide bonds. The molecule has 0 aliphatic rings. The molecule has 0 bridgehead atoms. The van der Waals surface area contributed by atoms with Gasteiger partial charge >= 0.3 is 0 Å². The number of aryl methyl sites for hydroxylation is 12. The van der Waals surface area contributed by atoms with Crippen molar-refractivity contribution < 1.29 is 0 Å². The Bertz CT molecular complexity index is 3440. The summed E-state index contributed by atoms with van der Waals surface area (Å²) in [6.07, 6.45) is 11.0. The first-order valence-corrected chi connectivity index (χ1v) is 25.5. The predicted octanol–water partition coefficient (Wildman–Crippen LogP) is 14.7. The molecule has 0 atom stereocenters. The summed E-state index contributed by atoms with van der Waals surface area (Å²) in [5, 5.41) is 19.7. The largest absolute Gasteiger partial charge is 0.299 e. The van der Waals surface area contributed by atoms with Crippen LogP contribution < -0.4 is 0 Å². The van der Waals surface area contributed by atoms with Crippen molar-refractivity contribution in [2.75, 3.05) is 0 Å². The lowest BCUT2D eigenvalue weighted by Crippen LogP contribution is -2.01. The third kappa shape index (κ3) is 10.5. The van der Waals surface area contributed by atoms with E-state index in [-0.39, 0.29) is 0 Å². The van der Waals surface area contributed by atoms with Crippen LogP contribution in [0.1, 0.15) is 78.3 Å². The van der Waals surface area contributed by atoms with Crippen LogP contribution in [-0.4, -0.2) is 28.7 Å². The summed E-state index contributed by atoms with van der Waals surface area (Å²) in [5.74, 6) is 2.45. The zero-order valence-electron chi connectivity index (χ0n) is 43.4. The van der Waals surface area contributed by atoms with Crippen LogP contribution in [0.15, 0.2) is 164 Å². The van der Waals surface area contributed by atoms with E-state index in [9.17, 15) is 10.5 Å². The van der Waals surface area contributed by atoms with E-state index in [2.05, 4.69) is 164 Å². The highest BCUT2D eigenvalue weighted by Crippen LogP contribution is 2.33. The molecular formula is C66H57N9. The molecule has 3 aromatic heterocycles. The number of nitriles is 2. The Hall–Kier alpha value is -9.36. The zero-order chi connectivity index (χ0) is 52.2. The van der Waals surface area contributed by atoms with Gasteiger partial charge < -0.3 is 0 Å². The van der Waals surface area contributed by atoms with Crippen molar-refractivity contribution in [2.24, 2.45) is 0 Å². The van der Waals surface area contributed by atoms with Crippen molar-refractivity contribution in [3.8, 4) is 63.4 Å². The van der Waals surface area contributed by atoms with Crippen LogP contribution in [0.2, 0.25) is 0 Å². The average molecular weight is 976 g/mol. The first kappa shape index (κ1) is 49.2. The quantitative estimate of drug-likeness (QED) is 0.0952. The minimum absolute atomic E-state index is 0.581. The number of rotatable bonds is 15. The van der Waals surface area contributed by atoms with Crippen LogP contribution in [-0.2, 0) is 38.5 Å². The highest BCUT2D eigenvalue weighted by atomic mass is 15.1. The van der Waals surface area contributed by atoms with Crippen LogP contribution in [0.3, 0.4) is 0 Å². The molecule has 0 fully saturated rings. The van der Waals surface area contributed by atoms with Gasteiger partial charge in [0.05, 0.1) is 64.0 Å². The SMILES string of the molecule is [C-]#[N+]c1cccc(-c2nc(CCc3cc(CCc4cn(-c5c(C)cccc5C)c(-c5cccc(C#N)c5)n4)cc(CCc4cn(-c5c(C)cccc5C)c(-c5cccc(C#N)c5)n4)c3)cn2-c2c(C)cccc2C)c1. The molecule has 0 aliphatic heterocycles. The number of hydrogen-bond acceptors (Lipinski definition) is 5. The van der Waals surface area contributed by atoms with Crippen molar-refractivity contribution in [3.63, 3.8) is 0 Å². The Morgan fingerprint density at radius 2 is 0.707 bits per heavy atom. The lowest BCUT2D eigenvalue weighted by atomic mass is 9.96. The first-order valence-electron chi connectivity index (χ1n) is 25.5. The van der Waals surface area contributed by atoms with Gasteiger partial charge in [-0.15, -0.1) is 0 Å². The fourth-order valence-corrected chi connectivity index (χ4v) is 10.6. The van der Waals surface area contributed by atoms with E-state index in [4.69, 9.17) is 21.5 Å². The molecule has 9 heteroatoms. The van der Waals surface area contributed by atoms with E-state index in [0.29, 0.717) is 36.1 Å². The van der Waals surface area contributed by atoms with Gasteiger partial charge in [0.1, 0.15) is 17.5 Å². The summed E-state index contributed by atoms with van der Waals surface area (Å²) in [4.78, 5) is 19.6. The van der Waals surface area contributed by atoms with Crippen LogP contribution in [0.5, 0.6) is 0 Å². The van der Waals surface area contributed by atoms with Gasteiger partial charge in [-0.1, -0.05) is 115 Å². The Balaban J connectivity index is 1.01. The predicted molar refractivity (Wildman–Crippen MR) is 300 cm³/mol.